The minimum Gasteiger partial charge on any atom is -0.327 e. The Morgan fingerprint density at radius 1 is 0.867 bits per heavy atom. The van der Waals surface area contributed by atoms with Gasteiger partial charge in [-0.05, 0) is 38.0 Å². The van der Waals surface area contributed by atoms with E-state index in [2.05, 4.69) is 4.90 Å². The molecule has 3 atom stereocenters. The van der Waals surface area contributed by atoms with E-state index in [1.54, 1.807) is 0 Å². The van der Waals surface area contributed by atoms with E-state index in [1.165, 1.54) is 57.9 Å². The van der Waals surface area contributed by atoms with Crippen LogP contribution in [0.15, 0.2) is 0 Å². The van der Waals surface area contributed by atoms with Crippen LogP contribution in [0.4, 0.5) is 0 Å². The van der Waals surface area contributed by atoms with Crippen molar-refractivity contribution in [3.05, 3.63) is 0 Å². The summed E-state index contributed by atoms with van der Waals surface area (Å²) in [5.74, 6) is 0.825. The fourth-order valence-electron chi connectivity index (χ4n) is 4.05. The van der Waals surface area contributed by atoms with Gasteiger partial charge in [-0.25, -0.2) is 0 Å². The van der Waals surface area contributed by atoms with E-state index >= 15 is 0 Å². The highest BCUT2D eigenvalue weighted by atomic mass is 15.2. The number of nitrogens with two attached hydrogens (primary N) is 1. The molecule has 0 spiro atoms. The Morgan fingerprint density at radius 2 is 1.67 bits per heavy atom. The Bertz CT molecular complexity index is 223. The van der Waals surface area contributed by atoms with Crippen molar-refractivity contribution in [1.29, 1.82) is 0 Å². The third kappa shape index (κ3) is 1.83. The molecule has 2 heteroatoms. The highest BCUT2D eigenvalue weighted by Gasteiger charge is 2.41. The molecule has 0 aromatic rings. The maximum Gasteiger partial charge on any atom is 0.0103 e. The molecule has 15 heavy (non-hydrogen) atoms. The van der Waals surface area contributed by atoms with Gasteiger partial charge in [-0.3, -0.25) is 4.90 Å². The van der Waals surface area contributed by atoms with Crippen LogP contribution in [0.5, 0.6) is 0 Å². The summed E-state index contributed by atoms with van der Waals surface area (Å²) in [6, 6.07) is 2.33. The summed E-state index contributed by atoms with van der Waals surface area (Å²) < 4.78 is 0. The first-order chi connectivity index (χ1) is 7.34. The molecular weight excluding hydrogens is 184 g/mol. The summed E-state index contributed by atoms with van der Waals surface area (Å²) >= 11 is 0. The van der Waals surface area contributed by atoms with Gasteiger partial charge in [0.05, 0.1) is 0 Å². The van der Waals surface area contributed by atoms with E-state index in [9.17, 15) is 0 Å². The number of nitrogens with zero attached hydrogens (tertiary/aromatic N) is 1. The normalized spacial score (nSPS) is 43.4. The molecule has 3 rings (SSSR count). The van der Waals surface area contributed by atoms with Crippen molar-refractivity contribution >= 4 is 0 Å². The van der Waals surface area contributed by atoms with Crippen molar-refractivity contribution in [3.8, 4) is 0 Å². The highest BCUT2D eigenvalue weighted by molar-refractivity contribution is 4.97. The first kappa shape index (κ1) is 10.1. The van der Waals surface area contributed by atoms with Crippen molar-refractivity contribution in [1.82, 2.24) is 4.90 Å². The lowest BCUT2D eigenvalue weighted by molar-refractivity contribution is 0.138. The minimum atomic E-state index is 0.509. The van der Waals surface area contributed by atoms with Crippen molar-refractivity contribution in [2.75, 3.05) is 6.54 Å². The third-order valence-electron chi connectivity index (χ3n) is 4.97. The summed E-state index contributed by atoms with van der Waals surface area (Å²) in [5, 5.41) is 0. The van der Waals surface area contributed by atoms with E-state index in [4.69, 9.17) is 5.73 Å². The zero-order valence-electron chi connectivity index (χ0n) is 9.70. The second kappa shape index (κ2) is 4.06. The van der Waals surface area contributed by atoms with Gasteiger partial charge in [0.2, 0.25) is 0 Å². The molecule has 2 aliphatic carbocycles. The van der Waals surface area contributed by atoms with Crippen molar-refractivity contribution in [2.45, 2.75) is 69.5 Å². The Kier molecular flexibility index (Phi) is 2.73. The maximum atomic E-state index is 6.18. The lowest BCUT2D eigenvalue weighted by atomic mass is 9.86. The molecule has 3 fully saturated rings. The van der Waals surface area contributed by atoms with Gasteiger partial charge in [0, 0.05) is 24.7 Å². The van der Waals surface area contributed by atoms with Gasteiger partial charge >= 0.3 is 0 Å². The van der Waals surface area contributed by atoms with Crippen molar-refractivity contribution in [3.63, 3.8) is 0 Å². The van der Waals surface area contributed by atoms with Gasteiger partial charge in [0.25, 0.3) is 0 Å². The quantitative estimate of drug-likeness (QED) is 0.715. The monoisotopic (exact) mass is 208 g/mol. The van der Waals surface area contributed by atoms with Crippen LogP contribution in [0.25, 0.3) is 0 Å². The molecule has 0 amide bonds. The highest BCUT2D eigenvalue weighted by Crippen LogP contribution is 2.38. The first-order valence-corrected chi connectivity index (χ1v) is 6.86. The van der Waals surface area contributed by atoms with Crippen molar-refractivity contribution in [2.24, 2.45) is 11.7 Å². The zero-order chi connectivity index (χ0) is 10.3. The number of fused-ring (bicyclic) bond motifs is 2. The maximum absolute atomic E-state index is 6.18. The second-order valence-corrected chi connectivity index (χ2v) is 5.88. The van der Waals surface area contributed by atoms with Crippen molar-refractivity contribution < 1.29 is 0 Å². The zero-order valence-corrected chi connectivity index (χ0v) is 9.70. The standard InChI is InChI=1S/C13H24N2/c14-13-7-6-12-8-10(13)9-15(12)11-4-2-1-3-5-11/h10-13H,1-9,14H2. The molecule has 0 aromatic carbocycles. The van der Waals surface area contributed by atoms with Crippen LogP contribution >= 0.6 is 0 Å². The molecule has 3 unspecified atom stereocenters. The van der Waals surface area contributed by atoms with Gasteiger partial charge in [0.15, 0.2) is 0 Å². The number of hydrogen-bond donors (Lipinski definition) is 1. The lowest BCUT2D eigenvalue weighted by Gasteiger charge is -2.35. The number of likely N-dealkylation sites (tertiary alicyclic amines) is 1. The molecule has 2 N–H and O–H groups in total. The van der Waals surface area contributed by atoms with Crippen LogP contribution in [-0.4, -0.2) is 29.6 Å². The predicted octanol–water partition coefficient (Wildman–Crippen LogP) is 2.13. The number of rotatable bonds is 1. The Morgan fingerprint density at radius 3 is 2.40 bits per heavy atom. The third-order valence-corrected chi connectivity index (χ3v) is 4.97. The molecule has 86 valence electrons. The first-order valence-electron chi connectivity index (χ1n) is 6.86. The van der Waals surface area contributed by atoms with Gasteiger partial charge in [0.1, 0.15) is 0 Å². The molecule has 3 aliphatic rings. The molecule has 1 saturated heterocycles. The molecule has 0 radical (unpaired) electrons. The summed E-state index contributed by atoms with van der Waals surface area (Å²) in [7, 11) is 0. The second-order valence-electron chi connectivity index (χ2n) is 5.88. The lowest BCUT2D eigenvalue weighted by Crippen LogP contribution is -2.39. The SMILES string of the molecule is NC1CCC2CC1CN2C1CCCCC1. The molecular formula is C13H24N2. The largest absolute Gasteiger partial charge is 0.327 e. The molecule has 2 saturated carbocycles. The van der Waals surface area contributed by atoms with E-state index in [0.717, 1.165) is 18.0 Å². The summed E-state index contributed by atoms with van der Waals surface area (Å²) in [5.41, 5.74) is 6.18. The smallest absolute Gasteiger partial charge is 0.0103 e. The van der Waals surface area contributed by atoms with E-state index in [-0.39, 0.29) is 0 Å². The molecule has 1 heterocycles. The van der Waals surface area contributed by atoms with Crippen LogP contribution in [-0.2, 0) is 0 Å². The van der Waals surface area contributed by atoms with Crippen LogP contribution in [0.3, 0.4) is 0 Å². The number of hydrogen-bond acceptors (Lipinski definition) is 2. The predicted molar refractivity (Wildman–Crippen MR) is 62.7 cm³/mol. The van der Waals surface area contributed by atoms with Gasteiger partial charge in [-0.1, -0.05) is 19.3 Å². The average Bonchev–Trinajstić information content (AvgIpc) is 2.65. The summed E-state index contributed by atoms with van der Waals surface area (Å²) in [6.07, 6.45) is 11.4. The molecule has 0 aromatic heterocycles. The van der Waals surface area contributed by atoms with Gasteiger partial charge < -0.3 is 5.73 Å². The Labute approximate surface area is 93.2 Å². The van der Waals surface area contributed by atoms with E-state index in [1.807, 2.05) is 0 Å². The van der Waals surface area contributed by atoms with Crippen LogP contribution in [0, 0.1) is 5.92 Å². The van der Waals surface area contributed by atoms with Crippen LogP contribution in [0.1, 0.15) is 51.4 Å². The summed E-state index contributed by atoms with van der Waals surface area (Å²) in [4.78, 5) is 2.83. The molecule has 2 bridgehead atoms. The Balaban J connectivity index is 1.67. The van der Waals surface area contributed by atoms with Gasteiger partial charge in [-0.2, -0.15) is 0 Å². The van der Waals surface area contributed by atoms with E-state index in [0.29, 0.717) is 6.04 Å². The fourth-order valence-corrected chi connectivity index (χ4v) is 4.05. The average molecular weight is 208 g/mol. The minimum absolute atomic E-state index is 0.509. The van der Waals surface area contributed by atoms with E-state index < -0.39 is 0 Å². The fraction of sp³-hybridized carbons (Fsp3) is 1.00. The van der Waals surface area contributed by atoms with Crippen LogP contribution in [0.2, 0.25) is 0 Å². The molecule has 1 aliphatic heterocycles. The van der Waals surface area contributed by atoms with Crippen LogP contribution < -0.4 is 5.73 Å². The topological polar surface area (TPSA) is 29.3 Å². The summed E-state index contributed by atoms with van der Waals surface area (Å²) in [6.45, 7) is 1.32. The Hall–Kier alpha value is -0.0800. The molecule has 2 nitrogen and oxygen atoms in total. The van der Waals surface area contributed by atoms with Gasteiger partial charge in [-0.15, -0.1) is 0 Å².